The van der Waals surface area contributed by atoms with Gasteiger partial charge in [0, 0.05) is 27.7 Å². The number of sulfonamides is 1. The van der Waals surface area contributed by atoms with Crippen LogP contribution in [0.3, 0.4) is 0 Å². The molecule has 1 aliphatic heterocycles. The maximum atomic E-state index is 13.3. The molecule has 1 aromatic carbocycles. The zero-order chi connectivity index (χ0) is 34.4. The number of esters is 3. The van der Waals surface area contributed by atoms with Gasteiger partial charge in [-0.05, 0) is 49.9 Å². The molecule has 4 N–H and O–H groups in total. The number of ether oxygens (including phenoxy) is 4. The van der Waals surface area contributed by atoms with Crippen molar-refractivity contribution in [3.8, 4) is 0 Å². The van der Waals surface area contributed by atoms with Gasteiger partial charge in [0.15, 0.2) is 18.4 Å². The average Bonchev–Trinajstić information content (AvgIpc) is 2.88. The predicted octanol–water partition coefficient (Wildman–Crippen LogP) is -0.186. The van der Waals surface area contributed by atoms with Gasteiger partial charge >= 0.3 is 23.9 Å². The molecule has 6 atom stereocenters. The molecule has 0 unspecified atom stereocenters. The normalized spacial score (nSPS) is 22.0. The van der Waals surface area contributed by atoms with E-state index < -0.39 is 95.4 Å². The molecule has 0 bridgehead atoms. The number of carboxylic acids is 1. The number of carbonyl (C=O) groups is 6. The first kappa shape index (κ1) is 37.1. The quantitative estimate of drug-likeness (QED) is 0.169. The molecule has 2 amide bonds. The summed E-state index contributed by atoms with van der Waals surface area (Å²) in [5.74, 6) is -5.80. The van der Waals surface area contributed by atoms with Crippen molar-refractivity contribution < 1.29 is 61.2 Å². The lowest BCUT2D eigenvalue weighted by atomic mass is 9.95. The summed E-state index contributed by atoms with van der Waals surface area (Å²) >= 11 is 0. The molecular formula is C28H39N3O13S. The maximum Gasteiger partial charge on any atom is 0.322 e. The number of benzene rings is 1. The minimum Gasteiger partial charge on any atom is -0.480 e. The predicted molar refractivity (Wildman–Crippen MR) is 154 cm³/mol. The second-order valence-electron chi connectivity index (χ2n) is 10.6. The third-order valence-electron chi connectivity index (χ3n) is 6.96. The Morgan fingerprint density at radius 2 is 1.44 bits per heavy atom. The summed E-state index contributed by atoms with van der Waals surface area (Å²) in [7, 11) is -4.43. The number of carbonyl (C=O) groups excluding carboxylic acids is 5. The van der Waals surface area contributed by atoms with Crippen molar-refractivity contribution in [1.82, 2.24) is 15.4 Å². The molecule has 0 aliphatic carbocycles. The molecule has 1 aliphatic rings. The highest BCUT2D eigenvalue weighted by molar-refractivity contribution is 7.89. The Morgan fingerprint density at radius 3 is 1.96 bits per heavy atom. The monoisotopic (exact) mass is 657 g/mol. The van der Waals surface area contributed by atoms with Gasteiger partial charge in [0.25, 0.3) is 0 Å². The fraction of sp³-hybridized carbons (Fsp3) is 0.571. The molecule has 0 saturated carbocycles. The van der Waals surface area contributed by atoms with Crippen LogP contribution in [0, 0.1) is 27.7 Å². The van der Waals surface area contributed by atoms with Crippen molar-refractivity contribution in [3.63, 3.8) is 0 Å². The summed E-state index contributed by atoms with van der Waals surface area (Å²) in [5, 5.41) is 14.7. The number of nitrogens with one attached hydrogen (secondary N) is 3. The van der Waals surface area contributed by atoms with Gasteiger partial charge in [0.1, 0.15) is 24.8 Å². The Bertz CT molecular complexity index is 1460. The topological polar surface area (TPSA) is 230 Å². The lowest BCUT2D eigenvalue weighted by Crippen LogP contribution is -2.69. The van der Waals surface area contributed by atoms with Crippen LogP contribution < -0.4 is 15.4 Å². The van der Waals surface area contributed by atoms with Crippen molar-refractivity contribution >= 4 is 45.7 Å². The van der Waals surface area contributed by atoms with Crippen LogP contribution in [-0.2, 0) is 57.7 Å². The number of aliphatic carboxylic acids is 1. The van der Waals surface area contributed by atoms with Gasteiger partial charge in [0.05, 0.1) is 11.3 Å². The second-order valence-corrected chi connectivity index (χ2v) is 12.3. The van der Waals surface area contributed by atoms with E-state index in [4.69, 9.17) is 18.9 Å². The van der Waals surface area contributed by atoms with E-state index in [-0.39, 0.29) is 4.90 Å². The zero-order valence-electron chi connectivity index (χ0n) is 26.2. The first-order valence-corrected chi connectivity index (χ1v) is 15.3. The molecule has 1 saturated heterocycles. The summed E-state index contributed by atoms with van der Waals surface area (Å²) in [6.07, 6.45) is -6.71. The van der Waals surface area contributed by atoms with E-state index in [1.54, 1.807) is 26.8 Å². The van der Waals surface area contributed by atoms with E-state index in [2.05, 4.69) is 15.4 Å². The van der Waals surface area contributed by atoms with E-state index >= 15 is 0 Å². The largest absolute Gasteiger partial charge is 0.480 e. The van der Waals surface area contributed by atoms with Crippen LogP contribution in [0.5, 0.6) is 0 Å². The minimum atomic E-state index is -4.43. The number of carboxylic acid groups (broad SMARTS) is 1. The molecule has 0 radical (unpaired) electrons. The van der Waals surface area contributed by atoms with Crippen molar-refractivity contribution in [1.29, 1.82) is 0 Å². The van der Waals surface area contributed by atoms with E-state index in [9.17, 15) is 42.3 Å². The van der Waals surface area contributed by atoms with Crippen LogP contribution >= 0.6 is 0 Å². The van der Waals surface area contributed by atoms with Gasteiger partial charge in [0.2, 0.25) is 21.8 Å². The second kappa shape index (κ2) is 15.3. The Labute approximate surface area is 260 Å². The molecule has 1 aromatic rings. The summed E-state index contributed by atoms with van der Waals surface area (Å²) in [5.41, 5.74) is 2.33. The summed E-state index contributed by atoms with van der Waals surface area (Å²) in [6.45, 7) is 10.5. The number of rotatable bonds is 12. The first-order valence-electron chi connectivity index (χ1n) is 13.8. The van der Waals surface area contributed by atoms with Gasteiger partial charge in [-0.2, -0.15) is 4.72 Å². The molecule has 17 heteroatoms. The number of hydrogen-bond acceptors (Lipinski definition) is 12. The van der Waals surface area contributed by atoms with E-state index in [0.29, 0.717) is 16.7 Å². The maximum absolute atomic E-state index is 13.3. The fourth-order valence-electron chi connectivity index (χ4n) is 4.96. The van der Waals surface area contributed by atoms with Crippen LogP contribution in [0.4, 0.5) is 0 Å². The summed E-state index contributed by atoms with van der Waals surface area (Å²) in [6, 6.07) is -1.68. The fourth-order valence-corrected chi connectivity index (χ4v) is 6.67. The Hall–Kier alpha value is -4.09. The molecule has 1 heterocycles. The van der Waals surface area contributed by atoms with Gasteiger partial charge < -0.3 is 34.7 Å². The van der Waals surface area contributed by atoms with E-state index in [1.165, 1.54) is 0 Å². The van der Waals surface area contributed by atoms with Gasteiger partial charge in [-0.25, -0.2) is 8.42 Å². The minimum absolute atomic E-state index is 0.118. The Morgan fingerprint density at radius 1 is 0.867 bits per heavy atom. The lowest BCUT2D eigenvalue weighted by Gasteiger charge is -2.45. The highest BCUT2D eigenvalue weighted by atomic mass is 32.2. The van der Waals surface area contributed by atoms with Crippen LogP contribution in [0.15, 0.2) is 11.0 Å². The Balaban J connectivity index is 2.43. The standard InChI is InChI=1S/C28H39N3O13S/c1-12-9-13(2)26(15(4)14(12)3)45(39,40)31-20(28(37)38)10-22(36)30-27-23(29-16(5)32)25(43-19(8)35)24(42-18(7)34)21(44-27)11-41-17(6)33/h9,20-21,23-25,27,31H,10-11H2,1-8H3,(H,29,32)(H,30,36)(H,37,38)/t20-,21+,23+,24+,25+,27+/m0/s1. The highest BCUT2D eigenvalue weighted by Crippen LogP contribution is 2.28. The lowest BCUT2D eigenvalue weighted by molar-refractivity contribution is -0.228. The van der Waals surface area contributed by atoms with Crippen LogP contribution in [0.2, 0.25) is 0 Å². The van der Waals surface area contributed by atoms with Crippen LogP contribution in [0.1, 0.15) is 56.4 Å². The molecule has 1 fully saturated rings. The summed E-state index contributed by atoms with van der Waals surface area (Å²) < 4.78 is 50.2. The third kappa shape index (κ3) is 9.95. The van der Waals surface area contributed by atoms with Crippen molar-refractivity contribution in [2.24, 2.45) is 0 Å². The van der Waals surface area contributed by atoms with Gasteiger partial charge in [-0.15, -0.1) is 0 Å². The number of hydrogen-bond donors (Lipinski definition) is 4. The summed E-state index contributed by atoms with van der Waals surface area (Å²) in [4.78, 5) is 72.7. The van der Waals surface area contributed by atoms with Crippen molar-refractivity contribution in [3.05, 3.63) is 28.3 Å². The van der Waals surface area contributed by atoms with E-state index in [0.717, 1.165) is 33.3 Å². The van der Waals surface area contributed by atoms with Crippen LogP contribution in [-0.4, -0.2) is 92.4 Å². The first-order chi connectivity index (χ1) is 20.7. The molecule has 16 nitrogen and oxygen atoms in total. The van der Waals surface area contributed by atoms with Crippen molar-refractivity contribution in [2.75, 3.05) is 6.61 Å². The molecule has 0 spiro atoms. The smallest absolute Gasteiger partial charge is 0.322 e. The Kier molecular flexibility index (Phi) is 12.6. The zero-order valence-corrected chi connectivity index (χ0v) is 27.0. The molecule has 2 rings (SSSR count). The number of amides is 2. The average molecular weight is 658 g/mol. The molecule has 45 heavy (non-hydrogen) atoms. The molecule has 250 valence electrons. The van der Waals surface area contributed by atoms with Crippen LogP contribution in [0.25, 0.3) is 0 Å². The van der Waals surface area contributed by atoms with Gasteiger partial charge in [-0.3, -0.25) is 28.8 Å². The number of aryl methyl sites for hydroxylation is 2. The van der Waals surface area contributed by atoms with Crippen molar-refractivity contribution in [2.45, 2.75) is 103 Å². The SMILES string of the molecule is CC(=O)N[C@@H]1[C@@H](OC(C)=O)[C@H](OC(C)=O)[C@@H](COC(C)=O)O[C@H]1NC(=O)C[C@H](NS(=O)(=O)c1c(C)cc(C)c(C)c1C)C(=O)O. The third-order valence-corrected chi connectivity index (χ3v) is 8.72. The highest BCUT2D eigenvalue weighted by Gasteiger charge is 2.51. The molecular weight excluding hydrogens is 618 g/mol. The molecule has 0 aromatic heterocycles. The van der Waals surface area contributed by atoms with E-state index in [1.807, 2.05) is 6.92 Å². The van der Waals surface area contributed by atoms with Gasteiger partial charge in [-0.1, -0.05) is 6.07 Å².